The van der Waals surface area contributed by atoms with E-state index in [0.717, 1.165) is 0 Å². The summed E-state index contributed by atoms with van der Waals surface area (Å²) in [6, 6.07) is 10.3. The fourth-order valence-electron chi connectivity index (χ4n) is 2.21. The highest BCUT2D eigenvalue weighted by molar-refractivity contribution is 6.35. The van der Waals surface area contributed by atoms with Gasteiger partial charge < -0.3 is 5.73 Å². The first-order chi connectivity index (χ1) is 10.1. The van der Waals surface area contributed by atoms with Gasteiger partial charge in [0.05, 0.1) is 22.3 Å². The van der Waals surface area contributed by atoms with E-state index >= 15 is 0 Å². The van der Waals surface area contributed by atoms with Gasteiger partial charge in [0.1, 0.15) is 5.15 Å². The molecule has 2 heterocycles. The van der Waals surface area contributed by atoms with E-state index in [9.17, 15) is 4.79 Å². The number of aromatic nitrogens is 2. The summed E-state index contributed by atoms with van der Waals surface area (Å²) in [6.45, 7) is 0. The minimum Gasteiger partial charge on any atom is -0.366 e. The minimum atomic E-state index is -0.604. The molecule has 0 unspecified atom stereocenters. The van der Waals surface area contributed by atoms with E-state index in [-0.39, 0.29) is 10.7 Å². The van der Waals surface area contributed by atoms with Crippen LogP contribution in [0, 0.1) is 0 Å². The lowest BCUT2D eigenvalue weighted by atomic mass is 10.0. The van der Waals surface area contributed by atoms with Gasteiger partial charge in [-0.3, -0.25) is 9.78 Å². The average molecular weight is 318 g/mol. The van der Waals surface area contributed by atoms with Gasteiger partial charge >= 0.3 is 0 Å². The van der Waals surface area contributed by atoms with Crippen LogP contribution >= 0.6 is 23.2 Å². The van der Waals surface area contributed by atoms with E-state index < -0.39 is 5.91 Å². The number of hydrogen-bond acceptors (Lipinski definition) is 3. The molecule has 0 fully saturated rings. The van der Waals surface area contributed by atoms with Crippen molar-refractivity contribution in [2.75, 3.05) is 0 Å². The highest BCUT2D eigenvalue weighted by Crippen LogP contribution is 2.34. The molecule has 0 saturated carbocycles. The molecule has 3 rings (SSSR count). The van der Waals surface area contributed by atoms with Crippen LogP contribution in [0.25, 0.3) is 22.2 Å². The van der Waals surface area contributed by atoms with Crippen molar-refractivity contribution < 1.29 is 4.79 Å². The molecular formula is C15H9Cl2N3O. The molecule has 3 aromatic rings. The first kappa shape index (κ1) is 13.8. The zero-order valence-electron chi connectivity index (χ0n) is 10.7. The molecule has 104 valence electrons. The monoisotopic (exact) mass is 317 g/mol. The third-order valence-corrected chi connectivity index (χ3v) is 3.58. The second kappa shape index (κ2) is 5.31. The Hall–Kier alpha value is -2.17. The first-order valence-corrected chi connectivity index (χ1v) is 6.83. The number of nitrogens with two attached hydrogens (primary N) is 1. The molecule has 2 N–H and O–H groups in total. The van der Waals surface area contributed by atoms with Gasteiger partial charge in [-0.05, 0) is 30.3 Å². The Labute approximate surface area is 130 Å². The molecule has 0 spiro atoms. The maximum Gasteiger partial charge on any atom is 0.250 e. The third kappa shape index (κ3) is 2.44. The van der Waals surface area contributed by atoms with Gasteiger partial charge in [0.15, 0.2) is 0 Å². The second-order valence-corrected chi connectivity index (χ2v) is 5.19. The van der Waals surface area contributed by atoms with Gasteiger partial charge in [-0.1, -0.05) is 29.3 Å². The van der Waals surface area contributed by atoms with Crippen molar-refractivity contribution in [1.82, 2.24) is 9.97 Å². The largest absolute Gasteiger partial charge is 0.366 e. The molecule has 0 aliphatic carbocycles. The Bertz CT molecular complexity index is 850. The van der Waals surface area contributed by atoms with Crippen LogP contribution in [-0.4, -0.2) is 15.9 Å². The molecule has 2 aromatic heterocycles. The Kier molecular flexibility index (Phi) is 3.49. The molecule has 0 radical (unpaired) electrons. The number of benzene rings is 1. The Morgan fingerprint density at radius 2 is 1.95 bits per heavy atom. The van der Waals surface area contributed by atoms with Crippen LogP contribution in [0.1, 0.15) is 10.4 Å². The average Bonchev–Trinajstić information content (AvgIpc) is 2.47. The molecule has 0 saturated heterocycles. The molecular weight excluding hydrogens is 309 g/mol. The van der Waals surface area contributed by atoms with Gasteiger partial charge in [-0.15, -0.1) is 0 Å². The highest BCUT2D eigenvalue weighted by atomic mass is 35.5. The van der Waals surface area contributed by atoms with Gasteiger partial charge in [-0.25, -0.2) is 4.98 Å². The summed E-state index contributed by atoms with van der Waals surface area (Å²) in [5.41, 5.74) is 7.31. The maximum atomic E-state index is 11.9. The molecule has 0 aliphatic heterocycles. The number of hydrogen-bond donors (Lipinski definition) is 1. The van der Waals surface area contributed by atoms with Crippen LogP contribution < -0.4 is 5.73 Å². The van der Waals surface area contributed by atoms with E-state index in [1.165, 1.54) is 0 Å². The number of fused-ring (bicyclic) bond motifs is 1. The highest BCUT2D eigenvalue weighted by Gasteiger charge is 2.20. The van der Waals surface area contributed by atoms with Crippen molar-refractivity contribution in [1.29, 1.82) is 0 Å². The molecule has 0 bridgehead atoms. The zero-order valence-corrected chi connectivity index (χ0v) is 12.2. The summed E-state index contributed by atoms with van der Waals surface area (Å²) >= 11 is 12.2. The fourth-order valence-corrected chi connectivity index (χ4v) is 2.66. The summed E-state index contributed by atoms with van der Waals surface area (Å²) in [5, 5.41) is 1.22. The number of nitrogens with zero attached hydrogens (tertiary/aromatic N) is 2. The quantitative estimate of drug-likeness (QED) is 0.732. The molecule has 0 atom stereocenters. The van der Waals surface area contributed by atoms with Crippen molar-refractivity contribution in [3.63, 3.8) is 0 Å². The Morgan fingerprint density at radius 3 is 2.62 bits per heavy atom. The lowest BCUT2D eigenvalue weighted by molar-refractivity contribution is 0.100. The van der Waals surface area contributed by atoms with Crippen molar-refractivity contribution in [2.24, 2.45) is 5.73 Å². The van der Waals surface area contributed by atoms with Gasteiger partial charge in [0.25, 0.3) is 0 Å². The summed E-state index contributed by atoms with van der Waals surface area (Å²) in [7, 11) is 0. The topological polar surface area (TPSA) is 68.9 Å². The normalized spacial score (nSPS) is 10.8. The van der Waals surface area contributed by atoms with E-state index in [1.807, 2.05) is 0 Å². The summed E-state index contributed by atoms with van der Waals surface area (Å²) < 4.78 is 0. The lowest BCUT2D eigenvalue weighted by Crippen LogP contribution is -2.14. The van der Waals surface area contributed by atoms with Crippen LogP contribution in [0.2, 0.25) is 10.2 Å². The predicted molar refractivity (Wildman–Crippen MR) is 83.5 cm³/mol. The zero-order chi connectivity index (χ0) is 15.0. The standard InChI is InChI=1S/C15H9Cl2N3O/c16-8-4-5-10-9(7-8)12(15(18)21)13(14(17)20-10)11-3-1-2-6-19-11/h1-7H,(H2,18,21). The third-order valence-electron chi connectivity index (χ3n) is 3.07. The predicted octanol–water partition coefficient (Wildman–Crippen LogP) is 3.70. The van der Waals surface area contributed by atoms with E-state index in [2.05, 4.69) is 9.97 Å². The molecule has 4 nitrogen and oxygen atoms in total. The van der Waals surface area contributed by atoms with Gasteiger partial charge in [0.2, 0.25) is 5.91 Å². The van der Waals surface area contributed by atoms with Gasteiger partial charge in [0, 0.05) is 16.6 Å². The number of pyridine rings is 2. The van der Waals surface area contributed by atoms with Crippen molar-refractivity contribution in [2.45, 2.75) is 0 Å². The van der Waals surface area contributed by atoms with Crippen LogP contribution in [0.3, 0.4) is 0 Å². The molecule has 21 heavy (non-hydrogen) atoms. The van der Waals surface area contributed by atoms with Crippen molar-refractivity contribution in [3.8, 4) is 11.3 Å². The smallest absolute Gasteiger partial charge is 0.250 e. The fraction of sp³-hybridized carbons (Fsp3) is 0. The summed E-state index contributed by atoms with van der Waals surface area (Å²) in [6.07, 6.45) is 1.61. The molecule has 6 heteroatoms. The van der Waals surface area contributed by atoms with Crippen LogP contribution in [0.5, 0.6) is 0 Å². The maximum absolute atomic E-state index is 11.9. The summed E-state index contributed by atoms with van der Waals surface area (Å²) in [4.78, 5) is 20.4. The molecule has 1 amide bonds. The van der Waals surface area contributed by atoms with Crippen LogP contribution in [-0.2, 0) is 0 Å². The van der Waals surface area contributed by atoms with Crippen LogP contribution in [0.15, 0.2) is 42.6 Å². The van der Waals surface area contributed by atoms with E-state index in [4.69, 9.17) is 28.9 Å². The number of rotatable bonds is 2. The number of primary amides is 1. The number of carbonyl (C=O) groups is 1. The van der Waals surface area contributed by atoms with Crippen molar-refractivity contribution in [3.05, 3.63) is 58.3 Å². The molecule has 1 aromatic carbocycles. The van der Waals surface area contributed by atoms with Crippen LogP contribution in [0.4, 0.5) is 0 Å². The Balaban J connectivity index is 2.46. The van der Waals surface area contributed by atoms with Crippen molar-refractivity contribution >= 4 is 40.0 Å². The van der Waals surface area contributed by atoms with E-state index in [0.29, 0.717) is 27.2 Å². The Morgan fingerprint density at radius 1 is 1.14 bits per heavy atom. The number of halogens is 2. The number of carbonyl (C=O) groups excluding carboxylic acids is 1. The number of amides is 1. The SMILES string of the molecule is NC(=O)c1c(-c2ccccn2)c(Cl)nc2ccc(Cl)cc12. The lowest BCUT2D eigenvalue weighted by Gasteiger charge is -2.11. The van der Waals surface area contributed by atoms with Gasteiger partial charge in [-0.2, -0.15) is 0 Å². The minimum absolute atomic E-state index is 0.178. The first-order valence-electron chi connectivity index (χ1n) is 6.08. The second-order valence-electron chi connectivity index (χ2n) is 4.39. The summed E-state index contributed by atoms with van der Waals surface area (Å²) in [5.74, 6) is -0.604. The van der Waals surface area contributed by atoms with E-state index in [1.54, 1.807) is 42.6 Å². The molecule has 0 aliphatic rings.